The first-order valence-electron chi connectivity index (χ1n) is 6.49. The second-order valence-corrected chi connectivity index (χ2v) is 5.19. The summed E-state index contributed by atoms with van der Waals surface area (Å²) in [4.78, 5) is 19.1. The molecule has 0 amide bonds. The molecule has 1 aromatic carbocycles. The molecular weight excluding hydrogens is 290 g/mol. The lowest BCUT2D eigenvalue weighted by Crippen LogP contribution is -2.19. The molecule has 6 nitrogen and oxygen atoms in total. The number of fused-ring (bicyclic) bond motifs is 1. The van der Waals surface area contributed by atoms with Gasteiger partial charge in [-0.15, -0.1) is 0 Å². The van der Waals surface area contributed by atoms with Crippen LogP contribution in [0.25, 0.3) is 10.9 Å². The van der Waals surface area contributed by atoms with Crippen molar-refractivity contribution in [2.24, 2.45) is 7.05 Å². The first-order chi connectivity index (χ1) is 10.1. The minimum absolute atomic E-state index is 0.161. The van der Waals surface area contributed by atoms with Crippen LogP contribution in [0.1, 0.15) is 11.5 Å². The molecule has 7 heteroatoms. The zero-order chi connectivity index (χ0) is 14.8. The second-order valence-electron chi connectivity index (χ2n) is 4.76. The molecule has 0 atom stereocenters. The first-order valence-corrected chi connectivity index (χ1v) is 6.87. The highest BCUT2D eigenvalue weighted by molar-refractivity contribution is 6.31. The molecule has 2 aromatic heterocycles. The van der Waals surface area contributed by atoms with Crippen LogP contribution >= 0.6 is 11.6 Å². The van der Waals surface area contributed by atoms with Crippen molar-refractivity contribution < 1.29 is 0 Å². The largest absolute Gasteiger partial charge is 0.309 e. The minimum atomic E-state index is -0.161. The molecular formula is C14H14ClN5O. The summed E-state index contributed by atoms with van der Waals surface area (Å²) in [5.41, 5.74) is 1.37. The van der Waals surface area contributed by atoms with Crippen molar-refractivity contribution in [3.05, 3.63) is 57.4 Å². The van der Waals surface area contributed by atoms with Gasteiger partial charge in [0.1, 0.15) is 5.82 Å². The van der Waals surface area contributed by atoms with E-state index in [1.807, 2.05) is 19.3 Å². The number of hydrogen-bond donors (Lipinski definition) is 2. The highest BCUT2D eigenvalue weighted by atomic mass is 35.5. The molecule has 0 unspecified atom stereocenters. The van der Waals surface area contributed by atoms with Gasteiger partial charge < -0.3 is 10.3 Å². The van der Waals surface area contributed by atoms with Crippen molar-refractivity contribution in [3.63, 3.8) is 0 Å². The summed E-state index contributed by atoms with van der Waals surface area (Å²) in [6.45, 7) is 1.06. The highest BCUT2D eigenvalue weighted by Gasteiger charge is 2.05. The van der Waals surface area contributed by atoms with Crippen LogP contribution in [0.15, 0.2) is 35.3 Å². The first kappa shape index (κ1) is 13.8. The van der Waals surface area contributed by atoms with E-state index >= 15 is 0 Å². The van der Waals surface area contributed by atoms with Gasteiger partial charge in [-0.3, -0.25) is 9.48 Å². The number of aryl methyl sites for hydroxylation is 1. The van der Waals surface area contributed by atoms with Crippen LogP contribution in [-0.2, 0) is 20.1 Å². The fraction of sp³-hybridized carbons (Fsp3) is 0.214. The van der Waals surface area contributed by atoms with E-state index in [4.69, 9.17) is 11.6 Å². The molecule has 3 rings (SSSR count). The maximum Gasteiger partial charge on any atom is 0.258 e. The van der Waals surface area contributed by atoms with E-state index < -0.39 is 0 Å². The van der Waals surface area contributed by atoms with Gasteiger partial charge in [0.2, 0.25) is 0 Å². The Bertz CT molecular complexity index is 839. The zero-order valence-corrected chi connectivity index (χ0v) is 12.2. The summed E-state index contributed by atoms with van der Waals surface area (Å²) in [5.74, 6) is 0.575. The van der Waals surface area contributed by atoms with E-state index in [9.17, 15) is 4.79 Å². The van der Waals surface area contributed by atoms with E-state index in [0.717, 1.165) is 5.69 Å². The second kappa shape index (κ2) is 5.67. The minimum Gasteiger partial charge on any atom is -0.309 e. The Hall–Kier alpha value is -2.18. The van der Waals surface area contributed by atoms with Crippen molar-refractivity contribution in [2.45, 2.75) is 13.1 Å². The summed E-state index contributed by atoms with van der Waals surface area (Å²) in [5, 5.41) is 8.56. The number of hydrogen-bond acceptors (Lipinski definition) is 4. The van der Waals surface area contributed by atoms with Crippen LogP contribution in [0.5, 0.6) is 0 Å². The Labute approximate surface area is 125 Å². The monoisotopic (exact) mass is 303 g/mol. The van der Waals surface area contributed by atoms with E-state index in [1.165, 1.54) is 0 Å². The van der Waals surface area contributed by atoms with Gasteiger partial charge in [0.25, 0.3) is 5.56 Å². The topological polar surface area (TPSA) is 75.6 Å². The van der Waals surface area contributed by atoms with Crippen molar-refractivity contribution in [2.75, 3.05) is 0 Å². The van der Waals surface area contributed by atoms with Gasteiger partial charge in [0.05, 0.1) is 23.1 Å². The van der Waals surface area contributed by atoms with E-state index in [-0.39, 0.29) is 5.56 Å². The lowest BCUT2D eigenvalue weighted by atomic mass is 10.2. The standard InChI is InChI=1S/C14H14ClN5O/c1-20-5-4-10(19-20)7-16-8-13-17-12-6-9(15)2-3-11(12)14(21)18-13/h2-6,16H,7-8H2,1H3,(H,17,18,21). The van der Waals surface area contributed by atoms with Gasteiger partial charge in [-0.25, -0.2) is 4.98 Å². The molecule has 0 aliphatic carbocycles. The predicted molar refractivity (Wildman–Crippen MR) is 81.1 cm³/mol. The Morgan fingerprint density at radius 3 is 2.95 bits per heavy atom. The lowest BCUT2D eigenvalue weighted by molar-refractivity contribution is 0.637. The number of benzene rings is 1. The molecule has 3 aromatic rings. The summed E-state index contributed by atoms with van der Waals surface area (Å²) in [6.07, 6.45) is 1.88. The van der Waals surface area contributed by atoms with Gasteiger partial charge in [0, 0.05) is 24.8 Å². The summed E-state index contributed by atoms with van der Waals surface area (Å²) in [6, 6.07) is 6.98. The number of aromatic nitrogens is 4. The van der Waals surface area contributed by atoms with Crippen molar-refractivity contribution in [3.8, 4) is 0 Å². The molecule has 0 aliphatic rings. The van der Waals surface area contributed by atoms with Gasteiger partial charge in [-0.2, -0.15) is 5.10 Å². The van der Waals surface area contributed by atoms with Crippen LogP contribution in [0, 0.1) is 0 Å². The number of aromatic amines is 1. The molecule has 2 N–H and O–H groups in total. The number of H-pyrrole nitrogens is 1. The number of rotatable bonds is 4. The quantitative estimate of drug-likeness (QED) is 0.767. The molecule has 0 bridgehead atoms. The van der Waals surface area contributed by atoms with E-state index in [0.29, 0.717) is 34.8 Å². The number of nitrogens with zero attached hydrogens (tertiary/aromatic N) is 3. The molecule has 21 heavy (non-hydrogen) atoms. The molecule has 0 radical (unpaired) electrons. The van der Waals surface area contributed by atoms with Gasteiger partial charge in [0.15, 0.2) is 0 Å². The van der Waals surface area contributed by atoms with Crippen LogP contribution in [0.2, 0.25) is 5.02 Å². The summed E-state index contributed by atoms with van der Waals surface area (Å²) < 4.78 is 1.75. The van der Waals surface area contributed by atoms with Gasteiger partial charge in [-0.05, 0) is 24.3 Å². The van der Waals surface area contributed by atoms with Crippen molar-refractivity contribution in [1.29, 1.82) is 0 Å². The van der Waals surface area contributed by atoms with Gasteiger partial charge in [-0.1, -0.05) is 11.6 Å². The fourth-order valence-corrected chi connectivity index (χ4v) is 2.28. The summed E-state index contributed by atoms with van der Waals surface area (Å²) in [7, 11) is 1.87. The number of nitrogens with one attached hydrogen (secondary N) is 2. The maximum absolute atomic E-state index is 12.0. The molecule has 0 saturated carbocycles. The average molecular weight is 304 g/mol. The lowest BCUT2D eigenvalue weighted by Gasteiger charge is -2.04. The van der Waals surface area contributed by atoms with Gasteiger partial charge >= 0.3 is 0 Å². The van der Waals surface area contributed by atoms with Crippen LogP contribution in [0.3, 0.4) is 0 Å². The molecule has 0 fully saturated rings. The smallest absolute Gasteiger partial charge is 0.258 e. The highest BCUT2D eigenvalue weighted by Crippen LogP contribution is 2.14. The predicted octanol–water partition coefficient (Wildman–Crippen LogP) is 1.60. The normalized spacial score (nSPS) is 11.1. The van der Waals surface area contributed by atoms with Crippen LogP contribution in [-0.4, -0.2) is 19.7 Å². The third kappa shape index (κ3) is 3.12. The van der Waals surface area contributed by atoms with E-state index in [2.05, 4.69) is 20.4 Å². The Kier molecular flexibility index (Phi) is 3.72. The third-order valence-electron chi connectivity index (χ3n) is 3.09. The Balaban J connectivity index is 1.76. The third-order valence-corrected chi connectivity index (χ3v) is 3.32. The van der Waals surface area contributed by atoms with Crippen LogP contribution in [0.4, 0.5) is 0 Å². The van der Waals surface area contributed by atoms with Crippen molar-refractivity contribution in [1.82, 2.24) is 25.1 Å². The molecule has 108 valence electrons. The summed E-state index contributed by atoms with van der Waals surface area (Å²) >= 11 is 5.93. The van der Waals surface area contributed by atoms with Crippen molar-refractivity contribution >= 4 is 22.5 Å². The molecule has 0 saturated heterocycles. The Morgan fingerprint density at radius 1 is 1.33 bits per heavy atom. The van der Waals surface area contributed by atoms with Crippen LogP contribution < -0.4 is 10.9 Å². The Morgan fingerprint density at radius 2 is 2.19 bits per heavy atom. The number of halogens is 1. The molecule has 0 aliphatic heterocycles. The van der Waals surface area contributed by atoms with E-state index in [1.54, 1.807) is 22.9 Å². The zero-order valence-electron chi connectivity index (χ0n) is 11.4. The molecule has 2 heterocycles. The maximum atomic E-state index is 12.0. The molecule has 0 spiro atoms. The fourth-order valence-electron chi connectivity index (χ4n) is 2.11. The average Bonchev–Trinajstić information content (AvgIpc) is 2.84. The SMILES string of the molecule is Cn1ccc(CNCc2nc3cc(Cl)ccc3c(=O)[nH]2)n1.